The summed E-state index contributed by atoms with van der Waals surface area (Å²) in [6.45, 7) is 0.852. The van der Waals surface area contributed by atoms with E-state index in [0.29, 0.717) is 30.4 Å². The molecule has 1 N–H and O–H groups in total. The van der Waals surface area contributed by atoms with E-state index in [1.54, 1.807) is 12.1 Å². The maximum atomic E-state index is 12.8. The van der Waals surface area contributed by atoms with Crippen molar-refractivity contribution >= 4 is 17.8 Å². The van der Waals surface area contributed by atoms with Crippen LogP contribution >= 0.6 is 0 Å². The van der Waals surface area contributed by atoms with Crippen molar-refractivity contribution in [3.05, 3.63) is 35.9 Å². The van der Waals surface area contributed by atoms with Crippen molar-refractivity contribution in [2.24, 2.45) is 5.92 Å². The van der Waals surface area contributed by atoms with Gasteiger partial charge >= 0.3 is 5.97 Å². The average molecular weight is 401 g/mol. The lowest BCUT2D eigenvalue weighted by molar-refractivity contribution is -0.145. The SMILES string of the molecule is COC(=O)C(NC(=O)CCCC(=O)N1CCCC2CCCCC21)c1ccccc1. The molecule has 29 heavy (non-hydrogen) atoms. The molecule has 1 saturated carbocycles. The predicted octanol–water partition coefficient (Wildman–Crippen LogP) is 3.37. The van der Waals surface area contributed by atoms with E-state index in [4.69, 9.17) is 4.74 Å². The summed E-state index contributed by atoms with van der Waals surface area (Å²) in [5.74, 6) is 0.0851. The molecule has 158 valence electrons. The third kappa shape index (κ3) is 5.58. The lowest BCUT2D eigenvalue weighted by atomic mass is 9.78. The summed E-state index contributed by atoms with van der Waals surface area (Å²) in [5.41, 5.74) is 0.681. The number of carbonyl (C=O) groups excluding carboxylic acids is 3. The number of fused-ring (bicyclic) bond motifs is 1. The van der Waals surface area contributed by atoms with Crippen molar-refractivity contribution in [2.75, 3.05) is 13.7 Å². The Morgan fingerprint density at radius 1 is 1.07 bits per heavy atom. The van der Waals surface area contributed by atoms with Crippen LogP contribution in [0.5, 0.6) is 0 Å². The highest BCUT2D eigenvalue weighted by Crippen LogP contribution is 2.35. The second-order valence-electron chi connectivity index (χ2n) is 8.13. The number of esters is 1. The summed E-state index contributed by atoms with van der Waals surface area (Å²) in [7, 11) is 1.31. The molecule has 1 heterocycles. The molecule has 1 aromatic carbocycles. The number of rotatable bonds is 7. The Morgan fingerprint density at radius 3 is 2.55 bits per heavy atom. The van der Waals surface area contributed by atoms with Gasteiger partial charge in [-0.05, 0) is 43.6 Å². The van der Waals surface area contributed by atoms with Crippen molar-refractivity contribution in [1.29, 1.82) is 0 Å². The summed E-state index contributed by atoms with van der Waals surface area (Å²) in [6.07, 6.45) is 8.27. The Kier molecular flexibility index (Phi) is 7.67. The van der Waals surface area contributed by atoms with Gasteiger partial charge in [0.05, 0.1) is 7.11 Å². The highest BCUT2D eigenvalue weighted by atomic mass is 16.5. The smallest absolute Gasteiger partial charge is 0.333 e. The Hall–Kier alpha value is -2.37. The van der Waals surface area contributed by atoms with E-state index in [-0.39, 0.29) is 18.2 Å². The zero-order chi connectivity index (χ0) is 20.6. The number of nitrogens with one attached hydrogen (secondary N) is 1. The van der Waals surface area contributed by atoms with Gasteiger partial charge in [-0.2, -0.15) is 0 Å². The van der Waals surface area contributed by atoms with Gasteiger partial charge in [-0.25, -0.2) is 4.79 Å². The van der Waals surface area contributed by atoms with Crippen LogP contribution in [0.25, 0.3) is 0 Å². The molecule has 1 aliphatic carbocycles. The molecule has 1 aromatic rings. The number of ether oxygens (including phenoxy) is 1. The van der Waals surface area contributed by atoms with E-state index in [0.717, 1.165) is 19.4 Å². The molecule has 0 aromatic heterocycles. The highest BCUT2D eigenvalue weighted by molar-refractivity contribution is 5.85. The molecule has 3 atom stereocenters. The first-order valence-corrected chi connectivity index (χ1v) is 10.8. The molecule has 2 fully saturated rings. The molecule has 1 saturated heterocycles. The van der Waals surface area contributed by atoms with Gasteiger partial charge in [-0.1, -0.05) is 43.2 Å². The fourth-order valence-corrected chi connectivity index (χ4v) is 4.75. The molecule has 3 unspecified atom stereocenters. The molecular weight excluding hydrogens is 368 g/mol. The van der Waals surface area contributed by atoms with Crippen molar-refractivity contribution in [2.45, 2.75) is 69.9 Å². The van der Waals surface area contributed by atoms with Crippen LogP contribution in [-0.4, -0.2) is 42.4 Å². The van der Waals surface area contributed by atoms with Crippen molar-refractivity contribution in [3.8, 4) is 0 Å². The van der Waals surface area contributed by atoms with Gasteiger partial charge in [0.2, 0.25) is 11.8 Å². The number of nitrogens with zero attached hydrogens (tertiary/aromatic N) is 1. The molecule has 0 bridgehead atoms. The summed E-state index contributed by atoms with van der Waals surface area (Å²) < 4.78 is 4.83. The van der Waals surface area contributed by atoms with E-state index in [9.17, 15) is 14.4 Å². The molecule has 3 rings (SSSR count). The minimum Gasteiger partial charge on any atom is -0.467 e. The highest BCUT2D eigenvalue weighted by Gasteiger charge is 2.35. The van der Waals surface area contributed by atoms with Crippen LogP contribution in [0, 0.1) is 5.92 Å². The Morgan fingerprint density at radius 2 is 1.79 bits per heavy atom. The zero-order valence-corrected chi connectivity index (χ0v) is 17.3. The molecule has 0 radical (unpaired) electrons. The van der Waals surface area contributed by atoms with Crippen LogP contribution in [0.1, 0.15) is 69.4 Å². The van der Waals surface area contributed by atoms with E-state index in [1.165, 1.54) is 32.8 Å². The Balaban J connectivity index is 1.48. The van der Waals surface area contributed by atoms with Gasteiger partial charge in [-0.3, -0.25) is 9.59 Å². The van der Waals surface area contributed by atoms with E-state index >= 15 is 0 Å². The molecule has 2 amide bonds. The number of amides is 2. The van der Waals surface area contributed by atoms with Crippen LogP contribution in [-0.2, 0) is 19.1 Å². The predicted molar refractivity (Wildman–Crippen MR) is 110 cm³/mol. The number of carbonyl (C=O) groups is 3. The van der Waals surface area contributed by atoms with Crippen LogP contribution in [0.15, 0.2) is 30.3 Å². The van der Waals surface area contributed by atoms with Gasteiger partial charge < -0.3 is 15.0 Å². The third-order valence-corrected chi connectivity index (χ3v) is 6.23. The molecule has 6 nitrogen and oxygen atoms in total. The summed E-state index contributed by atoms with van der Waals surface area (Å²) in [4.78, 5) is 39.3. The Labute approximate surface area is 173 Å². The number of likely N-dealkylation sites (tertiary alicyclic amines) is 1. The quantitative estimate of drug-likeness (QED) is 0.712. The minimum absolute atomic E-state index is 0.168. The van der Waals surface area contributed by atoms with Gasteiger partial charge in [-0.15, -0.1) is 0 Å². The summed E-state index contributed by atoms with van der Waals surface area (Å²) in [6, 6.07) is 8.61. The van der Waals surface area contributed by atoms with E-state index in [1.807, 2.05) is 18.2 Å². The number of piperidine rings is 1. The monoisotopic (exact) mass is 400 g/mol. The fourth-order valence-electron chi connectivity index (χ4n) is 4.75. The number of benzene rings is 1. The molecule has 6 heteroatoms. The first-order valence-electron chi connectivity index (χ1n) is 10.8. The molecule has 1 aliphatic heterocycles. The first-order chi connectivity index (χ1) is 14.1. The molecular formula is C23H32N2O4. The van der Waals surface area contributed by atoms with Gasteiger partial charge in [0.25, 0.3) is 0 Å². The zero-order valence-electron chi connectivity index (χ0n) is 17.3. The van der Waals surface area contributed by atoms with Crippen LogP contribution < -0.4 is 5.32 Å². The first kappa shape index (κ1) is 21.3. The lowest BCUT2D eigenvalue weighted by Crippen LogP contribution is -2.49. The second kappa shape index (κ2) is 10.4. The number of methoxy groups -OCH3 is 1. The van der Waals surface area contributed by atoms with Gasteiger partial charge in [0.1, 0.15) is 0 Å². The third-order valence-electron chi connectivity index (χ3n) is 6.23. The van der Waals surface area contributed by atoms with Crippen molar-refractivity contribution in [1.82, 2.24) is 10.2 Å². The normalized spacial score (nSPS) is 22.3. The van der Waals surface area contributed by atoms with E-state index < -0.39 is 12.0 Å². The maximum Gasteiger partial charge on any atom is 0.333 e. The molecule has 2 aliphatic rings. The minimum atomic E-state index is -0.825. The molecule has 0 spiro atoms. The maximum absolute atomic E-state index is 12.8. The van der Waals surface area contributed by atoms with Crippen LogP contribution in [0.3, 0.4) is 0 Å². The second-order valence-corrected chi connectivity index (χ2v) is 8.13. The van der Waals surface area contributed by atoms with E-state index in [2.05, 4.69) is 10.2 Å². The standard InChI is InChI=1S/C23H32N2O4/c1-29-23(28)22(18-10-3-2-4-11-18)24-20(26)14-7-15-21(27)25-16-8-12-17-9-5-6-13-19(17)25/h2-4,10-11,17,19,22H,5-9,12-16H2,1H3,(H,24,26). The Bertz CT molecular complexity index is 704. The fraction of sp³-hybridized carbons (Fsp3) is 0.609. The van der Waals surface area contributed by atoms with Crippen molar-refractivity contribution < 1.29 is 19.1 Å². The summed E-state index contributed by atoms with van der Waals surface area (Å²) in [5, 5.41) is 2.74. The largest absolute Gasteiger partial charge is 0.467 e. The van der Waals surface area contributed by atoms with Crippen LogP contribution in [0.4, 0.5) is 0 Å². The summed E-state index contributed by atoms with van der Waals surface area (Å²) >= 11 is 0. The lowest BCUT2D eigenvalue weighted by Gasteiger charge is -2.44. The van der Waals surface area contributed by atoms with Crippen molar-refractivity contribution in [3.63, 3.8) is 0 Å². The van der Waals surface area contributed by atoms with Gasteiger partial charge in [0, 0.05) is 25.4 Å². The van der Waals surface area contributed by atoms with Gasteiger partial charge in [0.15, 0.2) is 6.04 Å². The number of hydrogen-bond donors (Lipinski definition) is 1. The van der Waals surface area contributed by atoms with Crippen LogP contribution in [0.2, 0.25) is 0 Å². The number of hydrogen-bond acceptors (Lipinski definition) is 4. The topological polar surface area (TPSA) is 75.7 Å². The average Bonchev–Trinajstić information content (AvgIpc) is 2.77.